The highest BCUT2D eigenvalue weighted by atomic mass is 16.5. The summed E-state index contributed by atoms with van der Waals surface area (Å²) in [5.74, 6) is 0.721. The van der Waals surface area contributed by atoms with Crippen LogP contribution in [0.3, 0.4) is 0 Å². The van der Waals surface area contributed by atoms with Gasteiger partial charge in [-0.3, -0.25) is 4.98 Å². The molecule has 0 amide bonds. The summed E-state index contributed by atoms with van der Waals surface area (Å²) in [4.78, 5) is 4.04. The highest BCUT2D eigenvalue weighted by molar-refractivity contribution is 5.25. The Morgan fingerprint density at radius 1 is 1.47 bits per heavy atom. The second-order valence-electron chi connectivity index (χ2n) is 3.34. The van der Waals surface area contributed by atoms with E-state index in [-0.39, 0.29) is 6.04 Å². The Kier molecular flexibility index (Phi) is 5.07. The van der Waals surface area contributed by atoms with Crippen molar-refractivity contribution in [3.05, 3.63) is 24.0 Å². The lowest BCUT2D eigenvalue weighted by atomic mass is 10.1. The molecule has 2 N–H and O–H groups in total. The molecule has 15 heavy (non-hydrogen) atoms. The van der Waals surface area contributed by atoms with Gasteiger partial charge in [-0.05, 0) is 18.1 Å². The van der Waals surface area contributed by atoms with Gasteiger partial charge >= 0.3 is 0 Å². The minimum Gasteiger partial charge on any atom is -0.495 e. The Morgan fingerprint density at radius 2 is 2.27 bits per heavy atom. The minimum atomic E-state index is -0.140. The van der Waals surface area contributed by atoms with Crippen molar-refractivity contribution in [3.8, 4) is 5.75 Å². The Hall–Kier alpha value is -1.13. The fourth-order valence-electron chi connectivity index (χ4n) is 1.20. The maximum atomic E-state index is 5.94. The van der Waals surface area contributed by atoms with Crippen LogP contribution in [0, 0.1) is 0 Å². The molecule has 0 bridgehead atoms. The van der Waals surface area contributed by atoms with Crippen LogP contribution in [0.2, 0.25) is 0 Å². The molecule has 0 spiro atoms. The number of methoxy groups -OCH3 is 1. The first kappa shape index (κ1) is 11.9. The van der Waals surface area contributed by atoms with Gasteiger partial charge in [0.2, 0.25) is 0 Å². The molecule has 4 nitrogen and oxygen atoms in total. The molecule has 4 heteroatoms. The van der Waals surface area contributed by atoms with E-state index in [2.05, 4.69) is 11.9 Å². The number of pyridine rings is 1. The molecule has 0 aromatic carbocycles. The summed E-state index contributed by atoms with van der Waals surface area (Å²) in [6.45, 7) is 3.33. The molecule has 84 valence electrons. The molecule has 0 aliphatic rings. The highest BCUT2D eigenvalue weighted by Gasteiger charge is 2.07. The Morgan fingerprint density at radius 3 is 2.93 bits per heavy atom. The third kappa shape index (κ3) is 3.85. The van der Waals surface area contributed by atoms with Crippen LogP contribution in [0.5, 0.6) is 5.75 Å². The van der Waals surface area contributed by atoms with E-state index >= 15 is 0 Å². The van der Waals surface area contributed by atoms with Crippen LogP contribution in [0.15, 0.2) is 18.5 Å². The Labute approximate surface area is 90.4 Å². The van der Waals surface area contributed by atoms with Crippen LogP contribution in [-0.2, 0) is 4.74 Å². The van der Waals surface area contributed by atoms with Crippen molar-refractivity contribution in [2.24, 2.45) is 5.73 Å². The van der Waals surface area contributed by atoms with E-state index in [1.807, 2.05) is 6.07 Å². The van der Waals surface area contributed by atoms with Gasteiger partial charge in [-0.2, -0.15) is 0 Å². The van der Waals surface area contributed by atoms with Gasteiger partial charge < -0.3 is 15.2 Å². The summed E-state index contributed by atoms with van der Waals surface area (Å²) in [5, 5.41) is 0. The summed E-state index contributed by atoms with van der Waals surface area (Å²) in [6.07, 6.45) is 4.40. The first-order valence-corrected chi connectivity index (χ1v) is 5.10. The number of hydrogen-bond acceptors (Lipinski definition) is 4. The summed E-state index contributed by atoms with van der Waals surface area (Å²) < 4.78 is 10.5. The number of rotatable bonds is 6. The second kappa shape index (κ2) is 6.37. The minimum absolute atomic E-state index is 0.140. The molecule has 0 saturated carbocycles. The van der Waals surface area contributed by atoms with E-state index < -0.39 is 0 Å². The van der Waals surface area contributed by atoms with E-state index in [1.165, 1.54) is 0 Å². The van der Waals surface area contributed by atoms with E-state index in [4.69, 9.17) is 15.2 Å². The van der Waals surface area contributed by atoms with Crippen molar-refractivity contribution in [1.29, 1.82) is 0 Å². The van der Waals surface area contributed by atoms with Crippen LogP contribution in [0.25, 0.3) is 0 Å². The maximum Gasteiger partial charge on any atom is 0.137 e. The van der Waals surface area contributed by atoms with Crippen molar-refractivity contribution in [1.82, 2.24) is 4.98 Å². The first-order chi connectivity index (χ1) is 7.27. The lowest BCUT2D eigenvalue weighted by Gasteiger charge is -2.12. The zero-order chi connectivity index (χ0) is 11.1. The van der Waals surface area contributed by atoms with Crippen molar-refractivity contribution in [2.45, 2.75) is 19.4 Å². The topological polar surface area (TPSA) is 57.4 Å². The van der Waals surface area contributed by atoms with Gasteiger partial charge in [0.05, 0.1) is 26.0 Å². The van der Waals surface area contributed by atoms with E-state index in [0.717, 1.165) is 24.3 Å². The van der Waals surface area contributed by atoms with Crippen LogP contribution < -0.4 is 10.5 Å². The molecule has 0 saturated heterocycles. The Bertz CT molecular complexity index is 292. The molecule has 1 rings (SSSR count). The fourth-order valence-corrected chi connectivity index (χ4v) is 1.20. The molecule has 0 aliphatic heterocycles. The first-order valence-electron chi connectivity index (χ1n) is 5.10. The summed E-state index contributed by atoms with van der Waals surface area (Å²) in [6, 6.07) is 1.74. The van der Waals surface area contributed by atoms with Gasteiger partial charge in [-0.25, -0.2) is 0 Å². The van der Waals surface area contributed by atoms with Crippen molar-refractivity contribution in [2.75, 3.05) is 20.3 Å². The molecule has 1 aromatic heterocycles. The van der Waals surface area contributed by atoms with E-state index in [9.17, 15) is 0 Å². The molecule has 1 unspecified atom stereocenters. The van der Waals surface area contributed by atoms with Gasteiger partial charge in [0, 0.05) is 12.8 Å². The summed E-state index contributed by atoms with van der Waals surface area (Å²) in [7, 11) is 1.61. The third-order valence-electron chi connectivity index (χ3n) is 2.04. The average molecular weight is 210 g/mol. The number of ether oxygens (including phenoxy) is 2. The zero-order valence-corrected chi connectivity index (χ0v) is 9.27. The van der Waals surface area contributed by atoms with Crippen molar-refractivity contribution < 1.29 is 9.47 Å². The average Bonchev–Trinajstić information content (AvgIpc) is 2.29. The number of aromatic nitrogens is 1. The lowest BCUT2D eigenvalue weighted by molar-refractivity contribution is 0.121. The molecular formula is C11H18N2O2. The fraction of sp³-hybridized carbons (Fsp3) is 0.545. The van der Waals surface area contributed by atoms with Gasteiger partial charge in [-0.15, -0.1) is 0 Å². The normalized spacial score (nSPS) is 12.5. The predicted molar refractivity (Wildman–Crippen MR) is 58.8 cm³/mol. The lowest BCUT2D eigenvalue weighted by Crippen LogP contribution is -2.17. The van der Waals surface area contributed by atoms with Crippen LogP contribution >= 0.6 is 0 Å². The van der Waals surface area contributed by atoms with Crippen LogP contribution in [-0.4, -0.2) is 25.3 Å². The SMILES string of the molecule is CCCOCC(N)c1cncc(OC)c1. The summed E-state index contributed by atoms with van der Waals surface area (Å²) in [5.41, 5.74) is 6.87. The van der Waals surface area contributed by atoms with Gasteiger partial charge in [0.1, 0.15) is 5.75 Å². The third-order valence-corrected chi connectivity index (χ3v) is 2.04. The smallest absolute Gasteiger partial charge is 0.137 e. The number of hydrogen-bond donors (Lipinski definition) is 1. The van der Waals surface area contributed by atoms with Gasteiger partial charge in [0.25, 0.3) is 0 Å². The zero-order valence-electron chi connectivity index (χ0n) is 9.27. The molecule has 0 fully saturated rings. The molecule has 1 heterocycles. The Balaban J connectivity index is 2.52. The standard InChI is InChI=1S/C11H18N2O2/c1-3-4-15-8-11(12)9-5-10(14-2)7-13-6-9/h5-7,11H,3-4,8,12H2,1-2H3. The monoisotopic (exact) mass is 210 g/mol. The van der Waals surface area contributed by atoms with E-state index in [1.54, 1.807) is 19.5 Å². The second-order valence-corrected chi connectivity index (χ2v) is 3.34. The molecule has 0 radical (unpaired) electrons. The van der Waals surface area contributed by atoms with Gasteiger partial charge in [0.15, 0.2) is 0 Å². The van der Waals surface area contributed by atoms with Crippen LogP contribution in [0.4, 0.5) is 0 Å². The van der Waals surface area contributed by atoms with Gasteiger partial charge in [-0.1, -0.05) is 6.92 Å². The number of nitrogens with zero attached hydrogens (tertiary/aromatic N) is 1. The summed E-state index contributed by atoms with van der Waals surface area (Å²) >= 11 is 0. The highest BCUT2D eigenvalue weighted by Crippen LogP contribution is 2.15. The maximum absolute atomic E-state index is 5.94. The molecule has 1 aromatic rings. The molecular weight excluding hydrogens is 192 g/mol. The largest absolute Gasteiger partial charge is 0.495 e. The van der Waals surface area contributed by atoms with E-state index in [0.29, 0.717) is 6.61 Å². The molecule has 0 aliphatic carbocycles. The van der Waals surface area contributed by atoms with Crippen molar-refractivity contribution in [3.63, 3.8) is 0 Å². The van der Waals surface area contributed by atoms with Crippen LogP contribution in [0.1, 0.15) is 24.9 Å². The number of nitrogens with two attached hydrogens (primary N) is 1. The van der Waals surface area contributed by atoms with Crippen molar-refractivity contribution >= 4 is 0 Å². The molecule has 1 atom stereocenters. The quantitative estimate of drug-likeness (QED) is 0.723. The predicted octanol–water partition coefficient (Wildman–Crippen LogP) is 1.52.